The lowest BCUT2D eigenvalue weighted by atomic mass is 10.2. The Labute approximate surface area is 114 Å². The third kappa shape index (κ3) is 4.29. The first-order valence-corrected chi connectivity index (χ1v) is 6.53. The molecule has 1 saturated heterocycles. The predicted molar refractivity (Wildman–Crippen MR) is 71.1 cm³/mol. The van der Waals surface area contributed by atoms with Crippen molar-refractivity contribution in [3.63, 3.8) is 0 Å². The molecule has 2 rings (SSSR count). The summed E-state index contributed by atoms with van der Waals surface area (Å²) in [6, 6.07) is 7.52. The number of halogens is 1. The fraction of sp³-hybridized carbons (Fsp3) is 0.417. The number of anilines is 1. The Balaban J connectivity index is 1.72. The van der Waals surface area contributed by atoms with E-state index >= 15 is 0 Å². The number of benzene rings is 1. The third-order valence-corrected chi connectivity index (χ3v) is 3.02. The van der Waals surface area contributed by atoms with Crippen molar-refractivity contribution in [3.05, 3.63) is 28.7 Å². The molecule has 6 heteroatoms. The van der Waals surface area contributed by atoms with Crippen molar-refractivity contribution >= 4 is 27.5 Å². The van der Waals surface area contributed by atoms with Gasteiger partial charge in [0.15, 0.2) is 0 Å². The van der Waals surface area contributed by atoms with E-state index in [0.29, 0.717) is 26.2 Å². The molecule has 1 unspecified atom stereocenters. The lowest BCUT2D eigenvalue weighted by Gasteiger charge is -2.22. The second kappa shape index (κ2) is 6.72. The molecule has 0 aromatic heterocycles. The minimum Gasteiger partial charge on any atom is -0.376 e. The molecule has 0 radical (unpaired) electrons. The summed E-state index contributed by atoms with van der Waals surface area (Å²) in [5.74, 6) is -0.117. The van der Waals surface area contributed by atoms with Crippen molar-refractivity contribution in [3.8, 4) is 0 Å². The molecule has 2 N–H and O–H groups in total. The summed E-state index contributed by atoms with van der Waals surface area (Å²) in [6.45, 7) is 1.64. The van der Waals surface area contributed by atoms with Crippen LogP contribution < -0.4 is 10.9 Å². The maximum Gasteiger partial charge on any atom is 0.241 e. The van der Waals surface area contributed by atoms with Gasteiger partial charge in [-0.3, -0.25) is 15.6 Å². The van der Waals surface area contributed by atoms with Gasteiger partial charge in [-0.1, -0.05) is 15.9 Å². The van der Waals surface area contributed by atoms with Gasteiger partial charge in [-0.2, -0.15) is 0 Å². The van der Waals surface area contributed by atoms with Gasteiger partial charge in [0.2, 0.25) is 5.91 Å². The second-order valence-corrected chi connectivity index (χ2v) is 4.87. The van der Waals surface area contributed by atoms with Crippen LogP contribution in [0.5, 0.6) is 0 Å². The van der Waals surface area contributed by atoms with Crippen molar-refractivity contribution in [1.29, 1.82) is 0 Å². The summed E-state index contributed by atoms with van der Waals surface area (Å²) in [4.78, 5) is 11.6. The molecule has 1 fully saturated rings. The highest BCUT2D eigenvalue weighted by molar-refractivity contribution is 9.10. The summed E-state index contributed by atoms with van der Waals surface area (Å²) < 4.78 is 11.6. The largest absolute Gasteiger partial charge is 0.376 e. The van der Waals surface area contributed by atoms with Gasteiger partial charge < -0.3 is 9.47 Å². The number of hydrazine groups is 1. The molecule has 1 aromatic carbocycles. The van der Waals surface area contributed by atoms with Crippen molar-refractivity contribution in [2.24, 2.45) is 0 Å². The van der Waals surface area contributed by atoms with E-state index in [4.69, 9.17) is 9.47 Å². The molecule has 5 nitrogen and oxygen atoms in total. The molecule has 18 heavy (non-hydrogen) atoms. The number of nitrogens with one attached hydrogen (secondary N) is 2. The number of rotatable bonds is 4. The molecule has 1 atom stereocenters. The minimum absolute atomic E-state index is 0.117. The molecule has 1 aliphatic heterocycles. The van der Waals surface area contributed by atoms with Crippen LogP contribution in [0.1, 0.15) is 6.42 Å². The Morgan fingerprint density at radius 1 is 1.33 bits per heavy atom. The molecule has 1 amide bonds. The van der Waals surface area contributed by atoms with E-state index in [0.717, 1.165) is 10.2 Å². The quantitative estimate of drug-likeness (QED) is 0.830. The van der Waals surface area contributed by atoms with Gasteiger partial charge >= 0.3 is 0 Å². The molecule has 0 aliphatic carbocycles. The third-order valence-electron chi connectivity index (χ3n) is 2.49. The summed E-state index contributed by atoms with van der Waals surface area (Å²) in [7, 11) is 0. The van der Waals surface area contributed by atoms with E-state index in [2.05, 4.69) is 26.8 Å². The zero-order chi connectivity index (χ0) is 12.8. The van der Waals surface area contributed by atoms with Gasteiger partial charge in [0.05, 0.1) is 38.0 Å². The van der Waals surface area contributed by atoms with Gasteiger partial charge in [-0.15, -0.1) is 0 Å². The molecular formula is C12H15BrN2O3. The van der Waals surface area contributed by atoms with Crippen LogP contribution in [0.4, 0.5) is 5.69 Å². The molecular weight excluding hydrogens is 300 g/mol. The maximum absolute atomic E-state index is 11.6. The highest BCUT2D eigenvalue weighted by Crippen LogP contribution is 2.13. The molecule has 1 heterocycles. The predicted octanol–water partition coefficient (Wildman–Crippen LogP) is 1.70. The van der Waals surface area contributed by atoms with Gasteiger partial charge in [-0.25, -0.2) is 0 Å². The average Bonchev–Trinajstić information content (AvgIpc) is 2.39. The Kier molecular flexibility index (Phi) is 4.98. The van der Waals surface area contributed by atoms with Crippen LogP contribution in [-0.2, 0) is 14.3 Å². The van der Waals surface area contributed by atoms with Crippen molar-refractivity contribution < 1.29 is 14.3 Å². The van der Waals surface area contributed by atoms with E-state index in [1.165, 1.54) is 0 Å². The molecule has 0 spiro atoms. The van der Waals surface area contributed by atoms with Crippen molar-refractivity contribution in [2.45, 2.75) is 12.5 Å². The highest BCUT2D eigenvalue weighted by atomic mass is 79.9. The van der Waals surface area contributed by atoms with Gasteiger partial charge in [0.25, 0.3) is 0 Å². The molecule has 98 valence electrons. The Morgan fingerprint density at radius 3 is 2.78 bits per heavy atom. The number of ether oxygens (including phenoxy) is 2. The fourth-order valence-electron chi connectivity index (χ4n) is 1.59. The molecule has 0 saturated carbocycles. The first-order valence-electron chi connectivity index (χ1n) is 5.74. The summed E-state index contributed by atoms with van der Waals surface area (Å²) in [6.07, 6.45) is 0.147. The van der Waals surface area contributed by atoms with Crippen molar-refractivity contribution in [1.82, 2.24) is 5.43 Å². The first kappa shape index (κ1) is 13.3. The lowest BCUT2D eigenvalue weighted by Crippen LogP contribution is -2.37. The summed E-state index contributed by atoms with van der Waals surface area (Å²) >= 11 is 3.35. The molecule has 1 aliphatic rings. The van der Waals surface area contributed by atoms with E-state index < -0.39 is 0 Å². The lowest BCUT2D eigenvalue weighted by molar-refractivity contribution is -0.130. The van der Waals surface area contributed by atoms with Crippen LogP contribution >= 0.6 is 15.9 Å². The molecule has 1 aromatic rings. The first-order chi connectivity index (χ1) is 8.74. The van der Waals surface area contributed by atoms with Gasteiger partial charge in [-0.05, 0) is 24.3 Å². The van der Waals surface area contributed by atoms with E-state index in [1.807, 2.05) is 24.3 Å². The number of amides is 1. The SMILES string of the molecule is O=C(CC1COCCO1)NNc1ccc(Br)cc1. The maximum atomic E-state index is 11.6. The van der Waals surface area contributed by atoms with E-state index in [-0.39, 0.29) is 12.0 Å². The second-order valence-electron chi connectivity index (χ2n) is 3.95. The number of carbonyl (C=O) groups excluding carboxylic acids is 1. The van der Waals surface area contributed by atoms with Crippen LogP contribution in [0.15, 0.2) is 28.7 Å². The molecule has 0 bridgehead atoms. The van der Waals surface area contributed by atoms with Crippen LogP contribution in [0.2, 0.25) is 0 Å². The average molecular weight is 315 g/mol. The standard InChI is InChI=1S/C12H15BrN2O3/c13-9-1-3-10(4-2-9)14-15-12(16)7-11-8-17-5-6-18-11/h1-4,11,14H,5-8H2,(H,15,16). The van der Waals surface area contributed by atoms with Crippen LogP contribution in [0, 0.1) is 0 Å². The number of hydrogen-bond donors (Lipinski definition) is 2. The van der Waals surface area contributed by atoms with Crippen LogP contribution in [0.25, 0.3) is 0 Å². The number of carbonyl (C=O) groups is 1. The summed E-state index contributed by atoms with van der Waals surface area (Å²) in [5, 5.41) is 0. The summed E-state index contributed by atoms with van der Waals surface area (Å²) in [5.41, 5.74) is 6.30. The Bertz CT molecular complexity index is 391. The van der Waals surface area contributed by atoms with Gasteiger partial charge in [0.1, 0.15) is 0 Å². The van der Waals surface area contributed by atoms with Crippen LogP contribution in [-0.4, -0.2) is 31.8 Å². The zero-order valence-corrected chi connectivity index (χ0v) is 11.4. The zero-order valence-electron chi connectivity index (χ0n) is 9.82. The van der Waals surface area contributed by atoms with Crippen LogP contribution in [0.3, 0.4) is 0 Å². The Morgan fingerprint density at radius 2 is 2.11 bits per heavy atom. The fourth-order valence-corrected chi connectivity index (χ4v) is 1.85. The smallest absolute Gasteiger partial charge is 0.241 e. The Hall–Kier alpha value is -1.11. The van der Waals surface area contributed by atoms with Gasteiger partial charge in [0, 0.05) is 4.47 Å². The minimum atomic E-state index is -0.148. The van der Waals surface area contributed by atoms with E-state index in [9.17, 15) is 4.79 Å². The van der Waals surface area contributed by atoms with E-state index in [1.54, 1.807) is 0 Å². The topological polar surface area (TPSA) is 59.6 Å². The monoisotopic (exact) mass is 314 g/mol. The van der Waals surface area contributed by atoms with Crippen molar-refractivity contribution in [2.75, 3.05) is 25.2 Å². The number of hydrogen-bond acceptors (Lipinski definition) is 4. The normalized spacial score (nSPS) is 19.3. The highest BCUT2D eigenvalue weighted by Gasteiger charge is 2.17.